The molecule has 0 fully saturated rings. The first-order valence-electron chi connectivity index (χ1n) is 11.9. The minimum absolute atomic E-state index is 0.272. The highest BCUT2D eigenvalue weighted by molar-refractivity contribution is 14.1. The number of rotatable bonds is 6. The van der Waals surface area contributed by atoms with Crippen molar-refractivity contribution in [3.63, 3.8) is 0 Å². The van der Waals surface area contributed by atoms with E-state index in [4.69, 9.17) is 15.4 Å². The first-order valence-corrected chi connectivity index (χ1v) is 14.6. The summed E-state index contributed by atoms with van der Waals surface area (Å²) in [5.74, 6) is -0.323. The normalized spacial score (nSPS) is 11.5. The topological polar surface area (TPSA) is 78.9 Å². The molecule has 0 saturated carbocycles. The van der Waals surface area contributed by atoms with Gasteiger partial charge in [0.1, 0.15) is 17.5 Å². The molecule has 1 N–H and O–H groups in total. The lowest BCUT2D eigenvalue weighted by Crippen LogP contribution is -1.97. The van der Waals surface area contributed by atoms with Crippen molar-refractivity contribution in [3.8, 4) is 43.3 Å². The Labute approximate surface area is 246 Å². The van der Waals surface area contributed by atoms with Crippen LogP contribution in [0.15, 0.2) is 103 Å². The summed E-state index contributed by atoms with van der Waals surface area (Å²) in [6, 6.07) is 34.8. The number of aromatic nitrogens is 2. The lowest BCUT2D eigenvalue weighted by Gasteiger charge is -2.10. The smallest absolute Gasteiger partial charge is 0.346 e. The van der Waals surface area contributed by atoms with E-state index in [1.807, 2.05) is 30.3 Å². The van der Waals surface area contributed by atoms with E-state index >= 15 is 0 Å². The Hall–Kier alpha value is -4.04. The molecule has 5 nitrogen and oxygen atoms in total. The summed E-state index contributed by atoms with van der Waals surface area (Å²) < 4.78 is 3.39. The zero-order valence-electron chi connectivity index (χ0n) is 20.2. The second-order valence-electron chi connectivity index (χ2n) is 8.65. The maximum absolute atomic E-state index is 11.1. The van der Waals surface area contributed by atoms with E-state index in [9.17, 15) is 4.79 Å². The molecule has 0 aliphatic carbocycles. The van der Waals surface area contributed by atoms with E-state index < -0.39 is 5.97 Å². The molecule has 0 radical (unpaired) electrons. The van der Waals surface area contributed by atoms with Crippen LogP contribution in [0.5, 0.6) is 0 Å². The molecular weight excluding hydrogens is 637 g/mol. The molecule has 0 aliphatic rings. The maximum atomic E-state index is 11.1. The van der Waals surface area contributed by atoms with Crippen LogP contribution in [0.4, 0.5) is 0 Å². The van der Waals surface area contributed by atoms with E-state index in [2.05, 4.69) is 93.9 Å². The lowest BCUT2D eigenvalue weighted by atomic mass is 10.1. The van der Waals surface area contributed by atoms with Gasteiger partial charge in [-0.1, -0.05) is 36.4 Å². The van der Waals surface area contributed by atoms with Gasteiger partial charge in [0.15, 0.2) is 0 Å². The van der Waals surface area contributed by atoms with Crippen molar-refractivity contribution in [2.24, 2.45) is 0 Å². The van der Waals surface area contributed by atoms with E-state index in [-0.39, 0.29) is 5.57 Å². The van der Waals surface area contributed by atoms with Crippen LogP contribution < -0.4 is 0 Å². The number of halogens is 1. The predicted octanol–water partition coefficient (Wildman–Crippen LogP) is 8.75. The van der Waals surface area contributed by atoms with Crippen LogP contribution >= 0.6 is 45.3 Å². The highest BCUT2D eigenvalue weighted by atomic mass is 127. The Morgan fingerprint density at radius 2 is 1.51 bits per heavy atom. The van der Waals surface area contributed by atoms with E-state index in [0.717, 1.165) is 53.2 Å². The van der Waals surface area contributed by atoms with Gasteiger partial charge in [-0.05, 0) is 94.9 Å². The standard InChI is InChI=1S/C31H18IN3O2S2/c32-22-9-11-23(12-10-22)35-26-4-2-1-3-25(26)34-30(35)20-7-5-19(6-8-20)27-15-16-29(39-27)28-14-13-24(38-28)17-21(18-33)31(36)37/h1-17H,(H,36,37)/b21-17-. The minimum Gasteiger partial charge on any atom is -0.477 e. The second-order valence-corrected chi connectivity index (χ2v) is 12.1. The molecule has 0 unspecified atom stereocenters. The molecule has 3 aromatic heterocycles. The van der Waals surface area contributed by atoms with E-state index in [0.29, 0.717) is 0 Å². The van der Waals surface area contributed by atoms with Crippen LogP contribution in [0, 0.1) is 14.9 Å². The van der Waals surface area contributed by atoms with Crippen LogP contribution in [0.3, 0.4) is 0 Å². The molecule has 6 aromatic rings. The third-order valence-corrected chi connectivity index (χ3v) is 9.27. The first-order chi connectivity index (χ1) is 19.0. The van der Waals surface area contributed by atoms with Gasteiger partial charge in [-0.15, -0.1) is 22.7 Å². The van der Waals surface area contributed by atoms with Crippen LogP contribution in [0.1, 0.15) is 4.88 Å². The Kier molecular flexibility index (Phi) is 6.87. The molecule has 0 bridgehead atoms. The number of carboxylic acid groups (broad SMARTS) is 1. The number of thiophene rings is 2. The average Bonchev–Trinajstić information content (AvgIpc) is 3.71. The van der Waals surface area contributed by atoms with Crippen LogP contribution in [0.25, 0.3) is 54.4 Å². The van der Waals surface area contributed by atoms with Gasteiger partial charge in [0, 0.05) is 34.3 Å². The first kappa shape index (κ1) is 25.2. The highest BCUT2D eigenvalue weighted by Crippen LogP contribution is 2.39. The van der Waals surface area contributed by atoms with Crippen molar-refractivity contribution in [1.29, 1.82) is 5.26 Å². The number of nitrogens with zero attached hydrogens (tertiary/aromatic N) is 3. The summed E-state index contributed by atoms with van der Waals surface area (Å²) in [5.41, 5.74) is 4.96. The molecule has 8 heteroatoms. The lowest BCUT2D eigenvalue weighted by molar-refractivity contribution is -0.132. The number of benzene rings is 3. The van der Waals surface area contributed by atoms with Gasteiger partial charge in [-0.3, -0.25) is 4.57 Å². The fourth-order valence-corrected chi connectivity index (χ4v) is 6.74. The van der Waals surface area contributed by atoms with Crippen molar-refractivity contribution in [2.75, 3.05) is 0 Å². The average molecular weight is 656 g/mol. The Bertz CT molecular complexity index is 1910. The quantitative estimate of drug-likeness (QED) is 0.111. The molecule has 188 valence electrons. The molecule has 0 spiro atoms. The third kappa shape index (κ3) is 5.04. The maximum Gasteiger partial charge on any atom is 0.346 e. The predicted molar refractivity (Wildman–Crippen MR) is 167 cm³/mol. The van der Waals surface area contributed by atoms with Gasteiger partial charge in [-0.2, -0.15) is 5.26 Å². The zero-order valence-corrected chi connectivity index (χ0v) is 24.0. The molecule has 3 aromatic carbocycles. The number of carbonyl (C=O) groups is 1. The van der Waals surface area contributed by atoms with Gasteiger partial charge in [0.25, 0.3) is 0 Å². The van der Waals surface area contributed by atoms with Crippen molar-refractivity contribution in [3.05, 3.63) is 111 Å². The Balaban J connectivity index is 1.31. The summed E-state index contributed by atoms with van der Waals surface area (Å²) in [7, 11) is 0. The van der Waals surface area contributed by atoms with Gasteiger partial charge >= 0.3 is 5.97 Å². The van der Waals surface area contributed by atoms with Gasteiger partial charge in [0.05, 0.1) is 11.0 Å². The zero-order chi connectivity index (χ0) is 26.9. The minimum atomic E-state index is -1.22. The molecule has 39 heavy (non-hydrogen) atoms. The molecule has 6 rings (SSSR count). The number of carboxylic acids is 1. The third-order valence-electron chi connectivity index (χ3n) is 6.19. The number of para-hydroxylation sites is 2. The molecular formula is C31H18IN3O2S2. The summed E-state index contributed by atoms with van der Waals surface area (Å²) in [5, 5.41) is 18.1. The van der Waals surface area contributed by atoms with Crippen molar-refractivity contribution < 1.29 is 9.90 Å². The number of hydrogen-bond acceptors (Lipinski definition) is 5. The van der Waals surface area contributed by atoms with Gasteiger partial charge < -0.3 is 5.11 Å². The van der Waals surface area contributed by atoms with Crippen LogP contribution in [0.2, 0.25) is 0 Å². The number of hydrogen-bond donors (Lipinski definition) is 1. The number of fused-ring (bicyclic) bond motifs is 1. The van der Waals surface area contributed by atoms with Crippen molar-refractivity contribution >= 4 is 68.3 Å². The van der Waals surface area contributed by atoms with Gasteiger partial charge in [0.2, 0.25) is 0 Å². The summed E-state index contributed by atoms with van der Waals surface area (Å²) in [4.78, 5) is 20.1. The Morgan fingerprint density at radius 3 is 2.26 bits per heavy atom. The molecule has 0 amide bonds. The monoisotopic (exact) mass is 655 g/mol. The van der Waals surface area contributed by atoms with Crippen LogP contribution in [-0.2, 0) is 4.79 Å². The Morgan fingerprint density at radius 1 is 0.846 bits per heavy atom. The van der Waals surface area contributed by atoms with Crippen molar-refractivity contribution in [2.45, 2.75) is 0 Å². The largest absolute Gasteiger partial charge is 0.477 e. The number of aliphatic carboxylic acids is 1. The van der Waals surface area contributed by atoms with Gasteiger partial charge in [-0.25, -0.2) is 9.78 Å². The van der Waals surface area contributed by atoms with E-state index in [1.165, 1.54) is 21.0 Å². The summed E-state index contributed by atoms with van der Waals surface area (Å²) in [6.07, 6.45) is 1.41. The second kappa shape index (κ2) is 10.6. The number of nitriles is 1. The molecule has 0 saturated heterocycles. The summed E-state index contributed by atoms with van der Waals surface area (Å²) >= 11 is 5.46. The SMILES string of the molecule is N#C/C(=C/c1ccc(-c2ccc(-c3ccc(-c4nc5ccccc5n4-c4ccc(I)cc4)cc3)s2)s1)C(=O)O. The molecule has 0 aliphatic heterocycles. The molecule has 0 atom stereocenters. The fraction of sp³-hybridized carbons (Fsp3) is 0. The van der Waals surface area contributed by atoms with E-state index in [1.54, 1.807) is 17.4 Å². The highest BCUT2D eigenvalue weighted by Gasteiger charge is 2.15. The number of imidazole rings is 1. The fourth-order valence-electron chi connectivity index (χ4n) is 4.33. The molecule has 3 heterocycles. The van der Waals surface area contributed by atoms with Crippen molar-refractivity contribution in [1.82, 2.24) is 9.55 Å². The van der Waals surface area contributed by atoms with Crippen LogP contribution in [-0.4, -0.2) is 20.6 Å². The summed E-state index contributed by atoms with van der Waals surface area (Å²) in [6.45, 7) is 0.